The minimum Gasteiger partial charge on any atom is -0.496 e. The number of rotatable bonds is 5. The number of hydrogen-bond acceptors (Lipinski definition) is 2. The van der Waals surface area contributed by atoms with Crippen molar-refractivity contribution in [3.05, 3.63) is 64.2 Å². The molecule has 0 spiro atoms. The SMILES string of the molecule is COc1cc(C)c(C(=O)N[C@H](C)c2ccc(C(C)(C)C)cc2)cc1C(C)C. The summed E-state index contributed by atoms with van der Waals surface area (Å²) < 4.78 is 5.48. The molecule has 0 radical (unpaired) electrons. The van der Waals surface area contributed by atoms with E-state index in [0.717, 1.165) is 22.4 Å². The summed E-state index contributed by atoms with van der Waals surface area (Å²) in [6, 6.07) is 12.4. The van der Waals surface area contributed by atoms with Crippen LogP contribution in [0.5, 0.6) is 5.75 Å². The summed E-state index contributed by atoms with van der Waals surface area (Å²) in [5.41, 5.74) is 5.19. The Hall–Kier alpha value is -2.29. The second-order valence-electron chi connectivity index (χ2n) is 8.63. The number of aryl methyl sites for hydroxylation is 1. The molecular formula is C24H33NO2. The average Bonchev–Trinajstić information content (AvgIpc) is 2.60. The van der Waals surface area contributed by atoms with E-state index < -0.39 is 0 Å². The van der Waals surface area contributed by atoms with E-state index in [0.29, 0.717) is 5.56 Å². The zero-order chi connectivity index (χ0) is 20.4. The van der Waals surface area contributed by atoms with Crippen LogP contribution in [0.3, 0.4) is 0 Å². The zero-order valence-corrected chi connectivity index (χ0v) is 17.9. The first kappa shape index (κ1) is 21.0. The van der Waals surface area contributed by atoms with Crippen LogP contribution in [0.2, 0.25) is 0 Å². The van der Waals surface area contributed by atoms with Crippen molar-refractivity contribution in [2.45, 2.75) is 65.8 Å². The molecule has 146 valence electrons. The van der Waals surface area contributed by atoms with Crippen molar-refractivity contribution in [3.63, 3.8) is 0 Å². The van der Waals surface area contributed by atoms with Crippen LogP contribution < -0.4 is 10.1 Å². The van der Waals surface area contributed by atoms with Gasteiger partial charge in [-0.3, -0.25) is 4.79 Å². The number of nitrogens with one attached hydrogen (secondary N) is 1. The predicted molar refractivity (Wildman–Crippen MR) is 113 cm³/mol. The molecule has 3 nitrogen and oxygen atoms in total. The Bertz CT molecular complexity index is 798. The Morgan fingerprint density at radius 3 is 2.11 bits per heavy atom. The number of benzene rings is 2. The number of methoxy groups -OCH3 is 1. The quantitative estimate of drug-likeness (QED) is 0.713. The molecule has 2 rings (SSSR count). The van der Waals surface area contributed by atoms with Gasteiger partial charge in [0, 0.05) is 5.56 Å². The van der Waals surface area contributed by atoms with Gasteiger partial charge in [0.05, 0.1) is 13.2 Å². The summed E-state index contributed by atoms with van der Waals surface area (Å²) in [7, 11) is 1.67. The van der Waals surface area contributed by atoms with Gasteiger partial charge in [-0.1, -0.05) is 58.9 Å². The third-order valence-electron chi connectivity index (χ3n) is 5.07. The summed E-state index contributed by atoms with van der Waals surface area (Å²) in [5, 5.41) is 3.14. The largest absolute Gasteiger partial charge is 0.496 e. The molecule has 1 N–H and O–H groups in total. The van der Waals surface area contributed by atoms with E-state index in [1.54, 1.807) is 7.11 Å². The maximum Gasteiger partial charge on any atom is 0.252 e. The van der Waals surface area contributed by atoms with Gasteiger partial charge in [-0.15, -0.1) is 0 Å². The van der Waals surface area contributed by atoms with Gasteiger partial charge in [-0.25, -0.2) is 0 Å². The van der Waals surface area contributed by atoms with Gasteiger partial charge >= 0.3 is 0 Å². The van der Waals surface area contributed by atoms with E-state index in [2.05, 4.69) is 64.2 Å². The highest BCUT2D eigenvalue weighted by molar-refractivity contribution is 5.96. The van der Waals surface area contributed by atoms with Crippen molar-refractivity contribution in [3.8, 4) is 5.75 Å². The Labute approximate surface area is 164 Å². The van der Waals surface area contributed by atoms with Crippen molar-refractivity contribution in [2.75, 3.05) is 7.11 Å². The molecule has 3 heteroatoms. The topological polar surface area (TPSA) is 38.3 Å². The number of carbonyl (C=O) groups excluding carboxylic acids is 1. The summed E-state index contributed by atoms with van der Waals surface area (Å²) in [6.45, 7) is 14.8. The molecule has 1 amide bonds. The fourth-order valence-electron chi connectivity index (χ4n) is 3.20. The van der Waals surface area contributed by atoms with Crippen molar-refractivity contribution in [1.29, 1.82) is 0 Å². The van der Waals surface area contributed by atoms with E-state index >= 15 is 0 Å². The highest BCUT2D eigenvalue weighted by atomic mass is 16.5. The first-order chi connectivity index (χ1) is 12.5. The number of carbonyl (C=O) groups is 1. The molecule has 0 heterocycles. The van der Waals surface area contributed by atoms with Crippen molar-refractivity contribution in [1.82, 2.24) is 5.32 Å². The van der Waals surface area contributed by atoms with E-state index in [9.17, 15) is 4.79 Å². The minimum atomic E-state index is -0.0597. The summed E-state index contributed by atoms with van der Waals surface area (Å²) in [5.74, 6) is 1.07. The lowest BCUT2D eigenvalue weighted by Crippen LogP contribution is -2.27. The molecule has 0 aliphatic heterocycles. The van der Waals surface area contributed by atoms with Crippen molar-refractivity contribution in [2.24, 2.45) is 0 Å². The molecular weight excluding hydrogens is 334 g/mol. The predicted octanol–water partition coefficient (Wildman–Crippen LogP) is 5.92. The van der Waals surface area contributed by atoms with Gasteiger partial charge in [0.25, 0.3) is 5.91 Å². The maximum atomic E-state index is 12.9. The minimum absolute atomic E-state index is 0.0514. The molecule has 0 aliphatic carbocycles. The molecule has 0 bridgehead atoms. The molecule has 0 unspecified atom stereocenters. The first-order valence-corrected chi connectivity index (χ1v) is 9.64. The van der Waals surface area contributed by atoms with Gasteiger partial charge in [-0.05, 0) is 59.6 Å². The van der Waals surface area contributed by atoms with Crippen molar-refractivity contribution >= 4 is 5.91 Å². The molecule has 0 aromatic heterocycles. The highest BCUT2D eigenvalue weighted by Gasteiger charge is 2.19. The van der Waals surface area contributed by atoms with Crippen LogP contribution in [0, 0.1) is 6.92 Å². The summed E-state index contributed by atoms with van der Waals surface area (Å²) >= 11 is 0. The van der Waals surface area contributed by atoms with Gasteiger partial charge in [0.2, 0.25) is 0 Å². The fraction of sp³-hybridized carbons (Fsp3) is 0.458. The Balaban J connectivity index is 2.22. The number of ether oxygens (including phenoxy) is 1. The van der Waals surface area contributed by atoms with Crippen LogP contribution in [0.4, 0.5) is 0 Å². The van der Waals surface area contributed by atoms with Crippen molar-refractivity contribution < 1.29 is 9.53 Å². The van der Waals surface area contributed by atoms with Gasteiger partial charge in [0.15, 0.2) is 0 Å². The molecule has 2 aromatic carbocycles. The van der Waals surface area contributed by atoms with E-state index in [1.807, 2.05) is 26.0 Å². The van der Waals surface area contributed by atoms with Crippen LogP contribution in [0.15, 0.2) is 36.4 Å². The molecule has 0 saturated carbocycles. The molecule has 27 heavy (non-hydrogen) atoms. The fourth-order valence-corrected chi connectivity index (χ4v) is 3.20. The Kier molecular flexibility index (Phi) is 6.35. The maximum absolute atomic E-state index is 12.9. The van der Waals surface area contributed by atoms with Gasteiger partial charge in [0.1, 0.15) is 5.75 Å². The lowest BCUT2D eigenvalue weighted by molar-refractivity contribution is 0.0939. The van der Waals surface area contributed by atoms with Crippen LogP contribution in [0.1, 0.15) is 86.1 Å². The van der Waals surface area contributed by atoms with E-state index in [4.69, 9.17) is 4.74 Å². The van der Waals surface area contributed by atoms with Crippen LogP contribution in [-0.2, 0) is 5.41 Å². The third-order valence-corrected chi connectivity index (χ3v) is 5.07. The zero-order valence-electron chi connectivity index (χ0n) is 17.9. The smallest absolute Gasteiger partial charge is 0.252 e. The molecule has 0 fully saturated rings. The summed E-state index contributed by atoms with van der Waals surface area (Å²) in [6.07, 6.45) is 0. The van der Waals surface area contributed by atoms with E-state index in [-0.39, 0.29) is 23.3 Å². The Morgan fingerprint density at radius 2 is 1.63 bits per heavy atom. The molecule has 1 atom stereocenters. The van der Waals surface area contributed by atoms with Crippen LogP contribution >= 0.6 is 0 Å². The molecule has 0 saturated heterocycles. The third kappa shape index (κ3) is 4.91. The number of amides is 1. The second kappa shape index (κ2) is 8.16. The van der Waals surface area contributed by atoms with Crippen LogP contribution in [-0.4, -0.2) is 13.0 Å². The second-order valence-corrected chi connectivity index (χ2v) is 8.63. The average molecular weight is 368 g/mol. The number of hydrogen-bond donors (Lipinski definition) is 1. The normalized spacial score (nSPS) is 12.8. The highest BCUT2D eigenvalue weighted by Crippen LogP contribution is 2.30. The lowest BCUT2D eigenvalue weighted by atomic mass is 9.86. The lowest BCUT2D eigenvalue weighted by Gasteiger charge is -2.21. The molecule has 2 aromatic rings. The Morgan fingerprint density at radius 1 is 1.04 bits per heavy atom. The standard InChI is InChI=1S/C24H33NO2/c1-15(2)20-14-21(16(3)13-22(20)27-8)23(26)25-17(4)18-9-11-19(12-10-18)24(5,6)7/h9-15,17H,1-8H3,(H,25,26)/t17-/m1/s1. The van der Waals surface area contributed by atoms with Gasteiger partial charge in [-0.2, -0.15) is 0 Å². The summed E-state index contributed by atoms with van der Waals surface area (Å²) in [4.78, 5) is 12.9. The van der Waals surface area contributed by atoms with Crippen LogP contribution in [0.25, 0.3) is 0 Å². The monoisotopic (exact) mass is 367 g/mol. The van der Waals surface area contributed by atoms with E-state index in [1.165, 1.54) is 5.56 Å². The van der Waals surface area contributed by atoms with Gasteiger partial charge < -0.3 is 10.1 Å². The first-order valence-electron chi connectivity index (χ1n) is 9.64. The molecule has 0 aliphatic rings.